The van der Waals surface area contributed by atoms with Crippen LogP contribution in [-0.2, 0) is 0 Å². The van der Waals surface area contributed by atoms with Gasteiger partial charge in [0.05, 0.1) is 32.6 Å². The predicted molar refractivity (Wildman–Crippen MR) is 226 cm³/mol. The Hall–Kier alpha value is -6.95. The molecule has 5 heteroatoms. The predicted octanol–water partition coefficient (Wildman–Crippen LogP) is 13.1. The second-order valence-corrected chi connectivity index (χ2v) is 14.7. The van der Waals surface area contributed by atoms with Gasteiger partial charge in [-0.15, -0.1) is 11.3 Å². The van der Waals surface area contributed by atoms with Gasteiger partial charge < -0.3 is 0 Å². The molecule has 7 aromatic carbocycles. The fourth-order valence-corrected chi connectivity index (χ4v) is 8.99. The van der Waals surface area contributed by atoms with Gasteiger partial charge in [0, 0.05) is 37.5 Å². The number of para-hydroxylation sites is 2. The Morgan fingerprint density at radius 1 is 0.389 bits per heavy atom. The minimum absolute atomic E-state index is 0.713. The molecule has 11 aromatic rings. The molecule has 0 bridgehead atoms. The molecule has 54 heavy (non-hydrogen) atoms. The van der Waals surface area contributed by atoms with Crippen LogP contribution < -0.4 is 0 Å². The van der Waals surface area contributed by atoms with Crippen LogP contribution in [0.5, 0.6) is 0 Å². The van der Waals surface area contributed by atoms with E-state index in [1.165, 1.54) is 42.2 Å². The maximum atomic E-state index is 5.13. The molecule has 0 atom stereocenters. The van der Waals surface area contributed by atoms with Crippen molar-refractivity contribution in [2.45, 2.75) is 0 Å². The molecule has 4 heterocycles. The summed E-state index contributed by atoms with van der Waals surface area (Å²) in [5, 5.41) is 3.67. The number of thiophene rings is 1. The van der Waals surface area contributed by atoms with Gasteiger partial charge >= 0.3 is 0 Å². The lowest BCUT2D eigenvalue weighted by Crippen LogP contribution is -1.96. The van der Waals surface area contributed by atoms with Gasteiger partial charge in [-0.1, -0.05) is 140 Å². The lowest BCUT2D eigenvalue weighted by Gasteiger charge is -2.11. The fourth-order valence-electron chi connectivity index (χ4n) is 7.78. The van der Waals surface area contributed by atoms with Crippen molar-refractivity contribution in [2.24, 2.45) is 0 Å². The highest BCUT2D eigenvalue weighted by Gasteiger charge is 2.18. The summed E-state index contributed by atoms with van der Waals surface area (Å²) in [5.74, 6) is 0.713. The van der Waals surface area contributed by atoms with Gasteiger partial charge in [0.25, 0.3) is 0 Å². The van der Waals surface area contributed by atoms with Crippen molar-refractivity contribution in [3.63, 3.8) is 0 Å². The monoisotopic (exact) mass is 706 g/mol. The van der Waals surface area contributed by atoms with Crippen LogP contribution in [-0.4, -0.2) is 19.4 Å². The molecule has 0 aliphatic rings. The topological polar surface area (TPSA) is 43.1 Å². The number of hydrogen-bond acceptors (Lipinski definition) is 4. The van der Waals surface area contributed by atoms with E-state index in [2.05, 4.69) is 150 Å². The number of rotatable bonds is 5. The number of hydrogen-bond donors (Lipinski definition) is 0. The van der Waals surface area contributed by atoms with E-state index >= 15 is 0 Å². The lowest BCUT2D eigenvalue weighted by molar-refractivity contribution is 1.18. The summed E-state index contributed by atoms with van der Waals surface area (Å²) in [5.41, 5.74) is 13.9. The molecule has 0 fully saturated rings. The zero-order chi connectivity index (χ0) is 35.6. The Morgan fingerprint density at radius 3 is 1.72 bits per heavy atom. The standard InChI is InChI=1S/C49H30N4S/c1-3-13-31(14-4-1)42-30-43(51-48(50-42)32-15-5-2-6-16-32)37-20-12-19-35(28-37)33-17-11-18-34(27-33)36-25-26-45-40(29-36)46-47(54-45)38-21-7-8-22-39(38)49-52-41-23-9-10-24-44(41)53(46)49/h1-30H. The van der Waals surface area contributed by atoms with Crippen molar-refractivity contribution in [2.75, 3.05) is 0 Å². The minimum Gasteiger partial charge on any atom is -0.290 e. The Bertz CT molecular complexity index is 3160. The smallest absolute Gasteiger partial charge is 0.160 e. The molecule has 0 aliphatic heterocycles. The molecule has 0 unspecified atom stereocenters. The van der Waals surface area contributed by atoms with Crippen LogP contribution in [0.3, 0.4) is 0 Å². The highest BCUT2D eigenvalue weighted by Crippen LogP contribution is 2.43. The maximum Gasteiger partial charge on any atom is 0.160 e. The Labute approximate surface area is 315 Å². The average molecular weight is 707 g/mol. The zero-order valence-electron chi connectivity index (χ0n) is 29.0. The van der Waals surface area contributed by atoms with E-state index < -0.39 is 0 Å². The molecular formula is C49H30N4S. The van der Waals surface area contributed by atoms with Crippen LogP contribution in [0.15, 0.2) is 182 Å². The molecule has 11 rings (SSSR count). The van der Waals surface area contributed by atoms with E-state index in [1.54, 1.807) is 0 Å². The van der Waals surface area contributed by atoms with Gasteiger partial charge in [0.1, 0.15) is 5.65 Å². The first-order valence-corrected chi connectivity index (χ1v) is 18.9. The summed E-state index contributed by atoms with van der Waals surface area (Å²) in [7, 11) is 0. The molecule has 0 amide bonds. The molecule has 0 saturated carbocycles. The van der Waals surface area contributed by atoms with Crippen molar-refractivity contribution in [1.82, 2.24) is 19.4 Å². The lowest BCUT2D eigenvalue weighted by atomic mass is 9.96. The van der Waals surface area contributed by atoms with Gasteiger partial charge in [0.15, 0.2) is 5.82 Å². The van der Waals surface area contributed by atoms with Crippen LogP contribution in [0.1, 0.15) is 0 Å². The van der Waals surface area contributed by atoms with E-state index in [9.17, 15) is 0 Å². The molecule has 252 valence electrons. The van der Waals surface area contributed by atoms with Crippen LogP contribution >= 0.6 is 11.3 Å². The van der Waals surface area contributed by atoms with Gasteiger partial charge in [-0.25, -0.2) is 15.0 Å². The van der Waals surface area contributed by atoms with E-state index in [0.717, 1.165) is 55.9 Å². The number of nitrogens with zero attached hydrogens (tertiary/aromatic N) is 4. The number of imidazole rings is 1. The van der Waals surface area contributed by atoms with Gasteiger partial charge in [-0.2, -0.15) is 0 Å². The summed E-state index contributed by atoms with van der Waals surface area (Å²) in [4.78, 5) is 15.2. The van der Waals surface area contributed by atoms with Crippen molar-refractivity contribution in [3.8, 4) is 56.2 Å². The van der Waals surface area contributed by atoms with Crippen molar-refractivity contribution >= 4 is 59.1 Å². The van der Waals surface area contributed by atoms with E-state index in [0.29, 0.717) is 5.82 Å². The van der Waals surface area contributed by atoms with Crippen molar-refractivity contribution < 1.29 is 0 Å². The minimum atomic E-state index is 0.713. The number of fused-ring (bicyclic) bond motifs is 10. The SMILES string of the molecule is c1ccc(-c2cc(-c3cccc(-c4cccc(-c5ccc6sc7c8ccccc8c8nc9ccccc9n8c7c6c5)c4)c3)nc(-c3ccccc3)n2)cc1. The quantitative estimate of drug-likeness (QED) is 0.179. The van der Waals surface area contributed by atoms with Crippen LogP contribution in [0, 0.1) is 0 Å². The van der Waals surface area contributed by atoms with Gasteiger partial charge in [0.2, 0.25) is 0 Å². The summed E-state index contributed by atoms with van der Waals surface area (Å²) < 4.78 is 4.93. The molecule has 0 aliphatic carbocycles. The maximum absolute atomic E-state index is 5.13. The highest BCUT2D eigenvalue weighted by molar-refractivity contribution is 7.26. The molecule has 4 nitrogen and oxygen atoms in total. The van der Waals surface area contributed by atoms with E-state index in [4.69, 9.17) is 15.0 Å². The van der Waals surface area contributed by atoms with Crippen molar-refractivity contribution in [3.05, 3.63) is 182 Å². The highest BCUT2D eigenvalue weighted by atomic mass is 32.1. The largest absolute Gasteiger partial charge is 0.290 e. The third kappa shape index (κ3) is 5.01. The van der Waals surface area contributed by atoms with E-state index in [1.807, 2.05) is 47.7 Å². The zero-order valence-corrected chi connectivity index (χ0v) is 29.8. The van der Waals surface area contributed by atoms with Gasteiger partial charge in [-0.3, -0.25) is 4.40 Å². The Morgan fingerprint density at radius 2 is 0.963 bits per heavy atom. The van der Waals surface area contributed by atoms with E-state index in [-0.39, 0.29) is 0 Å². The van der Waals surface area contributed by atoms with Crippen LogP contribution in [0.4, 0.5) is 0 Å². The third-order valence-electron chi connectivity index (χ3n) is 10.4. The number of benzene rings is 7. The van der Waals surface area contributed by atoms with Gasteiger partial charge in [-0.05, 0) is 64.7 Å². The molecule has 0 spiro atoms. The van der Waals surface area contributed by atoms with Crippen molar-refractivity contribution in [1.29, 1.82) is 0 Å². The normalized spacial score (nSPS) is 11.7. The summed E-state index contributed by atoms with van der Waals surface area (Å²) in [6, 6.07) is 64.2. The fraction of sp³-hybridized carbons (Fsp3) is 0. The number of pyridine rings is 1. The average Bonchev–Trinajstić information content (AvgIpc) is 3.83. The Kier molecular flexibility index (Phi) is 7.00. The first-order chi connectivity index (χ1) is 26.7. The molecule has 0 saturated heterocycles. The summed E-state index contributed by atoms with van der Waals surface area (Å²) in [6.45, 7) is 0. The number of aromatic nitrogens is 4. The molecule has 4 aromatic heterocycles. The van der Waals surface area contributed by atoms with Crippen LogP contribution in [0.2, 0.25) is 0 Å². The molecular weight excluding hydrogens is 677 g/mol. The first kappa shape index (κ1) is 30.7. The van der Waals surface area contributed by atoms with Crippen LogP contribution in [0.25, 0.3) is 104 Å². The first-order valence-electron chi connectivity index (χ1n) is 18.1. The molecule has 0 radical (unpaired) electrons. The third-order valence-corrected chi connectivity index (χ3v) is 11.6. The second-order valence-electron chi connectivity index (χ2n) is 13.7. The second kappa shape index (κ2) is 12.3. The molecule has 0 N–H and O–H groups in total. The summed E-state index contributed by atoms with van der Waals surface area (Å²) >= 11 is 1.86. The Balaban J connectivity index is 1.04. The summed E-state index contributed by atoms with van der Waals surface area (Å²) in [6.07, 6.45) is 0.